The average molecular weight is 425 g/mol. The summed E-state index contributed by atoms with van der Waals surface area (Å²) in [6.07, 6.45) is -0.773. The van der Waals surface area contributed by atoms with Gasteiger partial charge < -0.3 is 20.3 Å². The molecule has 0 aliphatic carbocycles. The first-order chi connectivity index (χ1) is 12.2. The molecule has 0 aliphatic heterocycles. The largest absolute Gasteiger partial charge is 0.383 e. The second-order valence-electron chi connectivity index (χ2n) is 8.35. The van der Waals surface area contributed by atoms with Crippen molar-refractivity contribution >= 4 is 30.9 Å². The summed E-state index contributed by atoms with van der Waals surface area (Å²) in [4.78, 5) is 23.9. The van der Waals surface area contributed by atoms with Crippen LogP contribution < -0.4 is 10.6 Å². The molecule has 0 spiro atoms. The maximum Gasteiger partial charge on any atom is 0.249 e. The lowest BCUT2D eigenvalue weighted by Crippen LogP contribution is -2.46. The fourth-order valence-electron chi connectivity index (χ4n) is 1.86. The van der Waals surface area contributed by atoms with Crippen LogP contribution in [0.1, 0.15) is 48.0 Å². The molecule has 0 bridgehead atoms. The number of amides is 2. The Morgan fingerprint density at radius 3 is 2.26 bits per heavy atom. The Labute approximate surface area is 168 Å². The third-order valence-electron chi connectivity index (χ3n) is 3.88. The maximum absolute atomic E-state index is 12.1. The minimum absolute atomic E-state index is 0.00906. The van der Waals surface area contributed by atoms with Crippen LogP contribution in [0.15, 0.2) is 0 Å². The number of aliphatic hydroxyl groups excluding tert-OH is 1. The van der Waals surface area contributed by atoms with E-state index < -0.39 is 24.8 Å². The van der Waals surface area contributed by atoms with Crippen LogP contribution in [0.5, 0.6) is 0 Å². The molecule has 0 heterocycles. The Bertz CT molecular complexity index is 534. The van der Waals surface area contributed by atoms with Gasteiger partial charge >= 0.3 is 0 Å². The lowest BCUT2D eigenvalue weighted by atomic mass is 9.87. The van der Waals surface area contributed by atoms with Crippen molar-refractivity contribution in [1.29, 1.82) is 0 Å². The zero-order chi connectivity index (χ0) is 21.3. The summed E-state index contributed by atoms with van der Waals surface area (Å²) >= 11 is 1.77. The standard InChI is InChI=1S/C18H37N2O5PS/c1-8-26(7,24)25-13-18(5,6)15(22)16(23)20-10-9-14(21)19-11-12-27-17(2,3)4/h15,22H,8-13H2,1-7H3,(H,19,21)(H,20,23). The van der Waals surface area contributed by atoms with Crippen molar-refractivity contribution in [2.24, 2.45) is 5.41 Å². The van der Waals surface area contributed by atoms with Crippen molar-refractivity contribution in [1.82, 2.24) is 10.6 Å². The van der Waals surface area contributed by atoms with E-state index in [9.17, 15) is 19.3 Å². The fraction of sp³-hybridized carbons (Fsp3) is 0.889. The van der Waals surface area contributed by atoms with E-state index in [-0.39, 0.29) is 30.2 Å². The zero-order valence-electron chi connectivity index (χ0n) is 17.8. The van der Waals surface area contributed by atoms with E-state index in [2.05, 4.69) is 31.4 Å². The first kappa shape index (κ1) is 26.4. The highest BCUT2D eigenvalue weighted by Crippen LogP contribution is 2.43. The van der Waals surface area contributed by atoms with E-state index in [1.165, 1.54) is 6.66 Å². The molecule has 0 saturated carbocycles. The van der Waals surface area contributed by atoms with E-state index in [0.717, 1.165) is 5.75 Å². The van der Waals surface area contributed by atoms with E-state index in [4.69, 9.17) is 4.52 Å². The van der Waals surface area contributed by atoms with Gasteiger partial charge in [-0.2, -0.15) is 11.8 Å². The second kappa shape index (κ2) is 11.4. The van der Waals surface area contributed by atoms with Gasteiger partial charge in [-0.25, -0.2) is 0 Å². The van der Waals surface area contributed by atoms with Crippen molar-refractivity contribution in [3.63, 3.8) is 0 Å². The number of aliphatic hydroxyl groups is 1. The molecule has 0 aliphatic rings. The number of nitrogens with one attached hydrogen (secondary N) is 2. The molecule has 2 unspecified atom stereocenters. The van der Waals surface area contributed by atoms with Gasteiger partial charge in [-0.3, -0.25) is 14.2 Å². The molecule has 27 heavy (non-hydrogen) atoms. The molecule has 3 N–H and O–H groups in total. The predicted molar refractivity (Wildman–Crippen MR) is 113 cm³/mol. The molecular weight excluding hydrogens is 387 g/mol. The summed E-state index contributed by atoms with van der Waals surface area (Å²) in [7, 11) is -2.70. The van der Waals surface area contributed by atoms with Gasteiger partial charge in [0, 0.05) is 48.3 Å². The van der Waals surface area contributed by atoms with Crippen LogP contribution in [0.4, 0.5) is 0 Å². The number of hydrogen-bond donors (Lipinski definition) is 3. The Balaban J connectivity index is 4.18. The summed E-state index contributed by atoms with van der Waals surface area (Å²) in [6.45, 7) is 13.7. The quantitative estimate of drug-likeness (QED) is 0.328. The van der Waals surface area contributed by atoms with E-state index in [0.29, 0.717) is 12.7 Å². The number of rotatable bonds is 12. The van der Waals surface area contributed by atoms with Crippen LogP contribution in [0, 0.1) is 5.41 Å². The van der Waals surface area contributed by atoms with Gasteiger partial charge in [0.1, 0.15) is 6.10 Å². The predicted octanol–water partition coefficient (Wildman–Crippen LogP) is 2.47. The van der Waals surface area contributed by atoms with Gasteiger partial charge in [-0.1, -0.05) is 41.5 Å². The van der Waals surface area contributed by atoms with Crippen molar-refractivity contribution in [3.05, 3.63) is 0 Å². The van der Waals surface area contributed by atoms with E-state index >= 15 is 0 Å². The average Bonchev–Trinajstić information content (AvgIpc) is 2.55. The molecule has 2 atom stereocenters. The van der Waals surface area contributed by atoms with Crippen LogP contribution in [0.3, 0.4) is 0 Å². The lowest BCUT2D eigenvalue weighted by Gasteiger charge is -2.30. The van der Waals surface area contributed by atoms with Crippen LogP contribution in [-0.4, -0.2) is 66.0 Å². The summed E-state index contributed by atoms with van der Waals surface area (Å²) in [5, 5.41) is 15.6. The molecule has 0 aromatic carbocycles. The number of carbonyl (C=O) groups excluding carboxylic acids is 2. The molecule has 7 nitrogen and oxygen atoms in total. The van der Waals surface area contributed by atoms with Crippen LogP contribution in [0.25, 0.3) is 0 Å². The molecule has 160 valence electrons. The summed E-state index contributed by atoms with van der Waals surface area (Å²) in [5.74, 6) is 0.118. The third kappa shape index (κ3) is 12.5. The van der Waals surface area contributed by atoms with Crippen LogP contribution in [-0.2, 0) is 18.7 Å². The molecule has 0 radical (unpaired) electrons. The summed E-state index contributed by atoms with van der Waals surface area (Å²) in [5.41, 5.74) is -0.892. The summed E-state index contributed by atoms with van der Waals surface area (Å²) < 4.78 is 17.5. The van der Waals surface area contributed by atoms with Gasteiger partial charge in [0.05, 0.1) is 6.61 Å². The van der Waals surface area contributed by atoms with Crippen molar-refractivity contribution in [2.45, 2.75) is 58.8 Å². The highest BCUT2D eigenvalue weighted by atomic mass is 32.2. The lowest BCUT2D eigenvalue weighted by molar-refractivity contribution is -0.136. The van der Waals surface area contributed by atoms with Crippen LogP contribution >= 0.6 is 19.1 Å². The highest BCUT2D eigenvalue weighted by Gasteiger charge is 2.35. The SMILES string of the molecule is CCP(C)(=O)OCC(C)(C)C(O)C(=O)NCCC(=O)NCCSC(C)(C)C. The first-order valence-corrected chi connectivity index (χ1v) is 12.5. The number of hydrogen-bond acceptors (Lipinski definition) is 6. The smallest absolute Gasteiger partial charge is 0.249 e. The molecule has 0 saturated heterocycles. The molecule has 9 heteroatoms. The molecule has 0 aromatic heterocycles. The van der Waals surface area contributed by atoms with Crippen molar-refractivity contribution in [3.8, 4) is 0 Å². The monoisotopic (exact) mass is 424 g/mol. The topological polar surface area (TPSA) is 105 Å². The zero-order valence-corrected chi connectivity index (χ0v) is 19.5. The minimum Gasteiger partial charge on any atom is -0.383 e. The Morgan fingerprint density at radius 2 is 1.74 bits per heavy atom. The third-order valence-corrected chi connectivity index (χ3v) is 6.98. The molecule has 0 aromatic rings. The van der Waals surface area contributed by atoms with Gasteiger partial charge in [-0.05, 0) is 0 Å². The second-order valence-corrected chi connectivity index (χ2v) is 13.2. The first-order valence-electron chi connectivity index (χ1n) is 9.28. The Hall–Kier alpha value is -0.560. The molecular formula is C18H37N2O5PS. The minimum atomic E-state index is -2.70. The van der Waals surface area contributed by atoms with E-state index in [1.807, 2.05) is 0 Å². The molecule has 0 rings (SSSR count). The Kier molecular flexibility index (Phi) is 11.2. The fourth-order valence-corrected chi connectivity index (χ4v) is 3.46. The van der Waals surface area contributed by atoms with E-state index in [1.54, 1.807) is 32.5 Å². The van der Waals surface area contributed by atoms with Gasteiger partial charge in [0.25, 0.3) is 0 Å². The van der Waals surface area contributed by atoms with Gasteiger partial charge in [0.15, 0.2) is 7.37 Å². The Morgan fingerprint density at radius 1 is 1.15 bits per heavy atom. The van der Waals surface area contributed by atoms with Crippen LogP contribution in [0.2, 0.25) is 0 Å². The normalized spacial score (nSPS) is 15.7. The molecule has 2 amide bonds. The molecule has 0 fully saturated rings. The number of thioether (sulfide) groups is 1. The van der Waals surface area contributed by atoms with Crippen molar-refractivity contribution < 1.29 is 23.8 Å². The van der Waals surface area contributed by atoms with Gasteiger partial charge in [0.2, 0.25) is 11.8 Å². The van der Waals surface area contributed by atoms with Gasteiger partial charge in [-0.15, -0.1) is 0 Å². The number of carbonyl (C=O) groups is 2. The van der Waals surface area contributed by atoms with Crippen molar-refractivity contribution in [2.75, 3.05) is 38.3 Å². The highest BCUT2D eigenvalue weighted by molar-refractivity contribution is 8.00. The summed E-state index contributed by atoms with van der Waals surface area (Å²) in [6, 6.07) is 0. The maximum atomic E-state index is 12.1.